The van der Waals surface area contributed by atoms with Gasteiger partial charge < -0.3 is 10.8 Å². The predicted octanol–water partition coefficient (Wildman–Crippen LogP) is 1.05. The SMILES string of the molecule is NC/C(F)=C1/CCC[C@H]1C(=O)O. The number of halogens is 1. The first-order valence-electron chi connectivity index (χ1n) is 3.97. The molecular formula is C8H12FNO2. The lowest BCUT2D eigenvalue weighted by molar-refractivity contribution is -0.140. The van der Waals surface area contributed by atoms with E-state index in [1.165, 1.54) is 0 Å². The van der Waals surface area contributed by atoms with E-state index in [9.17, 15) is 9.18 Å². The maximum atomic E-state index is 12.9. The predicted molar refractivity (Wildman–Crippen MR) is 42.2 cm³/mol. The molecule has 0 aromatic rings. The highest BCUT2D eigenvalue weighted by molar-refractivity contribution is 5.74. The van der Waals surface area contributed by atoms with E-state index in [0.29, 0.717) is 18.4 Å². The molecule has 0 unspecified atom stereocenters. The van der Waals surface area contributed by atoms with Crippen LogP contribution in [0.4, 0.5) is 4.39 Å². The van der Waals surface area contributed by atoms with Crippen LogP contribution in [-0.2, 0) is 4.79 Å². The fourth-order valence-electron chi connectivity index (χ4n) is 1.57. The van der Waals surface area contributed by atoms with Gasteiger partial charge >= 0.3 is 5.97 Å². The van der Waals surface area contributed by atoms with Crippen molar-refractivity contribution in [3.05, 3.63) is 11.4 Å². The van der Waals surface area contributed by atoms with Crippen LogP contribution in [0, 0.1) is 5.92 Å². The Morgan fingerprint density at radius 2 is 2.42 bits per heavy atom. The van der Waals surface area contributed by atoms with E-state index in [4.69, 9.17) is 10.8 Å². The molecule has 4 heteroatoms. The first-order chi connectivity index (χ1) is 5.66. The fourth-order valence-corrected chi connectivity index (χ4v) is 1.57. The molecule has 3 nitrogen and oxygen atoms in total. The van der Waals surface area contributed by atoms with E-state index in [1.54, 1.807) is 0 Å². The molecule has 1 atom stereocenters. The van der Waals surface area contributed by atoms with Crippen molar-refractivity contribution in [2.75, 3.05) is 6.54 Å². The molecule has 0 amide bonds. The lowest BCUT2D eigenvalue weighted by Crippen LogP contribution is -2.14. The highest BCUT2D eigenvalue weighted by Crippen LogP contribution is 2.33. The third-order valence-corrected chi connectivity index (χ3v) is 2.19. The maximum Gasteiger partial charge on any atom is 0.310 e. The zero-order chi connectivity index (χ0) is 9.14. The smallest absolute Gasteiger partial charge is 0.310 e. The molecule has 0 aromatic carbocycles. The molecule has 1 saturated carbocycles. The van der Waals surface area contributed by atoms with Crippen molar-refractivity contribution < 1.29 is 14.3 Å². The molecule has 3 N–H and O–H groups in total. The number of rotatable bonds is 2. The Bertz CT molecular complexity index is 225. The molecule has 0 radical (unpaired) electrons. The van der Waals surface area contributed by atoms with Crippen molar-refractivity contribution in [2.45, 2.75) is 19.3 Å². The molecule has 1 aliphatic carbocycles. The average molecular weight is 173 g/mol. The van der Waals surface area contributed by atoms with Crippen LogP contribution in [0.2, 0.25) is 0 Å². The van der Waals surface area contributed by atoms with Crippen molar-refractivity contribution in [2.24, 2.45) is 11.7 Å². The van der Waals surface area contributed by atoms with Crippen LogP contribution >= 0.6 is 0 Å². The van der Waals surface area contributed by atoms with Crippen LogP contribution in [-0.4, -0.2) is 17.6 Å². The van der Waals surface area contributed by atoms with Crippen LogP contribution in [0.25, 0.3) is 0 Å². The van der Waals surface area contributed by atoms with Gasteiger partial charge in [0.15, 0.2) is 0 Å². The summed E-state index contributed by atoms with van der Waals surface area (Å²) < 4.78 is 12.9. The van der Waals surface area contributed by atoms with Gasteiger partial charge in [-0.2, -0.15) is 0 Å². The number of aliphatic carboxylic acids is 1. The molecule has 1 aliphatic rings. The van der Waals surface area contributed by atoms with Gasteiger partial charge in [-0.1, -0.05) is 0 Å². The van der Waals surface area contributed by atoms with E-state index in [1.807, 2.05) is 0 Å². The second-order valence-electron chi connectivity index (χ2n) is 2.92. The second-order valence-corrected chi connectivity index (χ2v) is 2.92. The second kappa shape index (κ2) is 3.67. The Hall–Kier alpha value is -0.900. The summed E-state index contributed by atoms with van der Waals surface area (Å²) in [5.74, 6) is -2.01. The minimum absolute atomic E-state index is 0.181. The number of carboxylic acid groups (broad SMARTS) is 1. The number of hydrogen-bond donors (Lipinski definition) is 2. The summed E-state index contributed by atoms with van der Waals surface area (Å²) in [6, 6.07) is 0. The third kappa shape index (κ3) is 1.64. The number of carboxylic acids is 1. The van der Waals surface area contributed by atoms with Crippen molar-refractivity contribution in [3.63, 3.8) is 0 Å². The van der Waals surface area contributed by atoms with Crippen LogP contribution in [0.15, 0.2) is 11.4 Å². The highest BCUT2D eigenvalue weighted by atomic mass is 19.1. The summed E-state index contributed by atoms with van der Waals surface area (Å²) in [6.07, 6.45) is 1.83. The molecule has 0 saturated heterocycles. The zero-order valence-electron chi connectivity index (χ0n) is 6.72. The van der Waals surface area contributed by atoms with Crippen molar-refractivity contribution in [3.8, 4) is 0 Å². The lowest BCUT2D eigenvalue weighted by Gasteiger charge is -2.06. The Labute approximate surface area is 70.1 Å². The van der Waals surface area contributed by atoms with Gasteiger partial charge in [0.1, 0.15) is 5.83 Å². The average Bonchev–Trinajstić information content (AvgIpc) is 2.50. The van der Waals surface area contributed by atoms with Crippen LogP contribution in [0.1, 0.15) is 19.3 Å². The lowest BCUT2D eigenvalue weighted by atomic mass is 10.0. The topological polar surface area (TPSA) is 63.3 Å². The van der Waals surface area contributed by atoms with Gasteiger partial charge in [0, 0.05) is 6.54 Å². The normalized spacial score (nSPS) is 27.3. The molecule has 0 bridgehead atoms. The van der Waals surface area contributed by atoms with Gasteiger partial charge in [-0.3, -0.25) is 4.79 Å². The summed E-state index contributed by atoms with van der Waals surface area (Å²) in [4.78, 5) is 10.6. The van der Waals surface area contributed by atoms with Crippen LogP contribution in [0.3, 0.4) is 0 Å². The zero-order valence-corrected chi connectivity index (χ0v) is 6.72. The number of carbonyl (C=O) groups is 1. The van der Waals surface area contributed by atoms with Gasteiger partial charge in [0.25, 0.3) is 0 Å². The molecule has 0 heterocycles. The van der Waals surface area contributed by atoms with Crippen molar-refractivity contribution in [1.82, 2.24) is 0 Å². The standard InChI is InChI=1S/C8H12FNO2/c9-7(4-10)5-2-1-3-6(5)8(11)12/h6H,1-4,10H2,(H,11,12)/b7-5+/t6-/m1/s1. The highest BCUT2D eigenvalue weighted by Gasteiger charge is 2.29. The summed E-state index contributed by atoms with van der Waals surface area (Å²) >= 11 is 0. The first-order valence-corrected chi connectivity index (χ1v) is 3.97. The summed E-state index contributed by atoms with van der Waals surface area (Å²) in [7, 11) is 0. The largest absolute Gasteiger partial charge is 0.481 e. The fraction of sp³-hybridized carbons (Fsp3) is 0.625. The third-order valence-electron chi connectivity index (χ3n) is 2.19. The number of hydrogen-bond acceptors (Lipinski definition) is 2. The molecule has 1 fully saturated rings. The summed E-state index contributed by atoms with van der Waals surface area (Å²) in [5, 5.41) is 8.69. The van der Waals surface area contributed by atoms with Crippen molar-refractivity contribution in [1.29, 1.82) is 0 Å². The minimum Gasteiger partial charge on any atom is -0.481 e. The Kier molecular flexibility index (Phi) is 2.81. The molecule has 0 aliphatic heterocycles. The molecule has 1 rings (SSSR count). The Balaban J connectivity index is 2.83. The van der Waals surface area contributed by atoms with E-state index in [-0.39, 0.29) is 6.54 Å². The van der Waals surface area contributed by atoms with Gasteiger partial charge in [0.2, 0.25) is 0 Å². The monoisotopic (exact) mass is 173 g/mol. The Morgan fingerprint density at radius 3 is 2.92 bits per heavy atom. The summed E-state index contributed by atoms with van der Waals surface area (Å²) in [6.45, 7) is -0.181. The molecule has 0 aromatic heterocycles. The van der Waals surface area contributed by atoms with E-state index >= 15 is 0 Å². The maximum absolute atomic E-state index is 12.9. The van der Waals surface area contributed by atoms with Crippen LogP contribution in [0.5, 0.6) is 0 Å². The minimum atomic E-state index is -0.939. The van der Waals surface area contributed by atoms with Crippen molar-refractivity contribution >= 4 is 5.97 Å². The first kappa shape index (κ1) is 9.19. The quantitative estimate of drug-likeness (QED) is 0.656. The van der Waals surface area contributed by atoms with Gasteiger partial charge in [-0.15, -0.1) is 0 Å². The molecule has 12 heavy (non-hydrogen) atoms. The van der Waals surface area contributed by atoms with Gasteiger partial charge in [-0.25, -0.2) is 4.39 Å². The Morgan fingerprint density at radius 1 is 1.75 bits per heavy atom. The van der Waals surface area contributed by atoms with Gasteiger partial charge in [0.05, 0.1) is 5.92 Å². The summed E-state index contributed by atoms with van der Waals surface area (Å²) in [5.41, 5.74) is 5.48. The molecular weight excluding hydrogens is 161 g/mol. The van der Waals surface area contributed by atoms with Gasteiger partial charge in [-0.05, 0) is 24.8 Å². The van der Waals surface area contributed by atoms with Crippen LogP contribution < -0.4 is 5.73 Å². The van der Waals surface area contributed by atoms with E-state index in [0.717, 1.165) is 6.42 Å². The number of nitrogens with two attached hydrogens (primary N) is 1. The van der Waals surface area contributed by atoms with E-state index in [2.05, 4.69) is 0 Å². The van der Waals surface area contributed by atoms with E-state index < -0.39 is 17.7 Å². The molecule has 68 valence electrons. The molecule has 0 spiro atoms.